The summed E-state index contributed by atoms with van der Waals surface area (Å²) in [7, 11) is 0. The molecule has 16 heavy (non-hydrogen) atoms. The molecule has 0 saturated carbocycles. The van der Waals surface area contributed by atoms with Gasteiger partial charge in [-0.2, -0.15) is 0 Å². The standard InChI is InChI=1S/C13H20N2O/c1-2-14-13-10-16-9-11(13)8-15-12-6-4-3-5-7-12/h3-7,11,13-15H,2,8-10H2,1H3. The van der Waals surface area contributed by atoms with E-state index in [2.05, 4.69) is 41.8 Å². The van der Waals surface area contributed by atoms with Crippen LogP contribution in [0.1, 0.15) is 6.92 Å². The van der Waals surface area contributed by atoms with Gasteiger partial charge < -0.3 is 15.4 Å². The smallest absolute Gasteiger partial charge is 0.0624 e. The van der Waals surface area contributed by atoms with Crippen molar-refractivity contribution in [1.29, 1.82) is 0 Å². The van der Waals surface area contributed by atoms with Crippen molar-refractivity contribution < 1.29 is 4.74 Å². The molecule has 1 aliphatic heterocycles. The number of likely N-dealkylation sites (N-methyl/N-ethyl adjacent to an activating group) is 1. The predicted molar refractivity (Wildman–Crippen MR) is 66.7 cm³/mol. The Morgan fingerprint density at radius 2 is 2.06 bits per heavy atom. The van der Waals surface area contributed by atoms with Crippen LogP contribution < -0.4 is 10.6 Å². The lowest BCUT2D eigenvalue weighted by atomic mass is 10.0. The van der Waals surface area contributed by atoms with E-state index in [0.717, 1.165) is 26.3 Å². The van der Waals surface area contributed by atoms with Gasteiger partial charge >= 0.3 is 0 Å². The number of nitrogens with one attached hydrogen (secondary N) is 2. The van der Waals surface area contributed by atoms with Gasteiger partial charge in [0.05, 0.1) is 13.2 Å². The van der Waals surface area contributed by atoms with E-state index in [4.69, 9.17) is 4.74 Å². The van der Waals surface area contributed by atoms with Crippen molar-refractivity contribution in [2.75, 3.05) is 31.6 Å². The van der Waals surface area contributed by atoms with Gasteiger partial charge in [0.25, 0.3) is 0 Å². The summed E-state index contributed by atoms with van der Waals surface area (Å²) in [5.41, 5.74) is 1.18. The SMILES string of the molecule is CCNC1COCC1CNc1ccccc1. The third-order valence-electron chi connectivity index (χ3n) is 3.01. The quantitative estimate of drug-likeness (QED) is 0.792. The van der Waals surface area contributed by atoms with Crippen LogP contribution in [0.2, 0.25) is 0 Å². The Bertz CT molecular complexity index is 302. The molecule has 0 amide bonds. The van der Waals surface area contributed by atoms with Crippen LogP contribution in [0.3, 0.4) is 0 Å². The summed E-state index contributed by atoms with van der Waals surface area (Å²) in [6, 6.07) is 10.8. The van der Waals surface area contributed by atoms with Crippen molar-refractivity contribution in [2.24, 2.45) is 5.92 Å². The topological polar surface area (TPSA) is 33.3 Å². The molecular weight excluding hydrogens is 200 g/mol. The van der Waals surface area contributed by atoms with Crippen molar-refractivity contribution in [3.8, 4) is 0 Å². The van der Waals surface area contributed by atoms with E-state index < -0.39 is 0 Å². The molecule has 1 aliphatic rings. The highest BCUT2D eigenvalue weighted by atomic mass is 16.5. The van der Waals surface area contributed by atoms with E-state index in [9.17, 15) is 0 Å². The summed E-state index contributed by atoms with van der Waals surface area (Å²) < 4.78 is 5.51. The van der Waals surface area contributed by atoms with Crippen molar-refractivity contribution >= 4 is 5.69 Å². The highest BCUT2D eigenvalue weighted by Gasteiger charge is 2.26. The zero-order valence-corrected chi connectivity index (χ0v) is 9.78. The number of rotatable bonds is 5. The first-order valence-corrected chi connectivity index (χ1v) is 6.00. The highest BCUT2D eigenvalue weighted by molar-refractivity contribution is 5.42. The predicted octanol–water partition coefficient (Wildman–Crippen LogP) is 1.72. The fourth-order valence-corrected chi connectivity index (χ4v) is 2.09. The van der Waals surface area contributed by atoms with Gasteiger partial charge in [-0.15, -0.1) is 0 Å². The maximum atomic E-state index is 5.51. The van der Waals surface area contributed by atoms with Crippen LogP contribution in [0, 0.1) is 5.92 Å². The van der Waals surface area contributed by atoms with Gasteiger partial charge in [0.1, 0.15) is 0 Å². The van der Waals surface area contributed by atoms with Crippen molar-refractivity contribution in [3.63, 3.8) is 0 Å². The molecule has 3 nitrogen and oxygen atoms in total. The second-order valence-corrected chi connectivity index (χ2v) is 4.21. The van der Waals surface area contributed by atoms with Crippen LogP contribution in [0.5, 0.6) is 0 Å². The molecule has 2 rings (SSSR count). The summed E-state index contributed by atoms with van der Waals surface area (Å²) in [6.45, 7) is 5.82. The third kappa shape index (κ3) is 2.97. The van der Waals surface area contributed by atoms with Crippen LogP contribution >= 0.6 is 0 Å². The minimum absolute atomic E-state index is 0.501. The number of para-hydroxylation sites is 1. The first-order chi connectivity index (χ1) is 7.90. The molecule has 0 aliphatic carbocycles. The molecule has 0 radical (unpaired) electrons. The minimum Gasteiger partial charge on any atom is -0.385 e. The van der Waals surface area contributed by atoms with Crippen LogP contribution in [0.25, 0.3) is 0 Å². The minimum atomic E-state index is 0.501. The van der Waals surface area contributed by atoms with Gasteiger partial charge in [0.2, 0.25) is 0 Å². The van der Waals surface area contributed by atoms with Gasteiger partial charge in [0.15, 0.2) is 0 Å². The molecule has 88 valence electrons. The zero-order chi connectivity index (χ0) is 11.2. The van der Waals surface area contributed by atoms with E-state index in [1.54, 1.807) is 0 Å². The van der Waals surface area contributed by atoms with Crippen LogP contribution in [-0.2, 0) is 4.74 Å². The van der Waals surface area contributed by atoms with Gasteiger partial charge in [-0.3, -0.25) is 0 Å². The third-order valence-corrected chi connectivity index (χ3v) is 3.01. The monoisotopic (exact) mass is 220 g/mol. The summed E-state index contributed by atoms with van der Waals surface area (Å²) in [6.07, 6.45) is 0. The molecule has 2 unspecified atom stereocenters. The molecule has 3 heteroatoms. The Hall–Kier alpha value is -1.06. The van der Waals surface area contributed by atoms with Gasteiger partial charge in [-0.05, 0) is 18.7 Å². The molecule has 1 heterocycles. The molecule has 1 aromatic carbocycles. The van der Waals surface area contributed by atoms with Crippen molar-refractivity contribution in [3.05, 3.63) is 30.3 Å². The second-order valence-electron chi connectivity index (χ2n) is 4.21. The van der Waals surface area contributed by atoms with E-state index in [1.165, 1.54) is 5.69 Å². The molecule has 2 atom stereocenters. The summed E-state index contributed by atoms with van der Waals surface area (Å²) in [4.78, 5) is 0. The number of benzene rings is 1. The Morgan fingerprint density at radius 3 is 2.81 bits per heavy atom. The maximum Gasteiger partial charge on any atom is 0.0624 e. The number of anilines is 1. The van der Waals surface area contributed by atoms with Crippen LogP contribution in [-0.4, -0.2) is 32.3 Å². The van der Waals surface area contributed by atoms with Crippen LogP contribution in [0.15, 0.2) is 30.3 Å². The molecule has 0 bridgehead atoms. The first kappa shape index (κ1) is 11.4. The molecule has 2 N–H and O–H groups in total. The normalized spacial score (nSPS) is 24.6. The average molecular weight is 220 g/mol. The second kappa shape index (κ2) is 5.87. The number of hydrogen-bond acceptors (Lipinski definition) is 3. The average Bonchev–Trinajstić information content (AvgIpc) is 2.76. The number of ether oxygens (including phenoxy) is 1. The highest BCUT2D eigenvalue weighted by Crippen LogP contribution is 2.15. The Balaban J connectivity index is 1.81. The van der Waals surface area contributed by atoms with Gasteiger partial charge in [-0.1, -0.05) is 25.1 Å². The lowest BCUT2D eigenvalue weighted by Gasteiger charge is -2.19. The molecule has 0 spiro atoms. The largest absolute Gasteiger partial charge is 0.385 e. The first-order valence-electron chi connectivity index (χ1n) is 6.00. The number of hydrogen-bond donors (Lipinski definition) is 2. The zero-order valence-electron chi connectivity index (χ0n) is 9.78. The van der Waals surface area contributed by atoms with Crippen molar-refractivity contribution in [2.45, 2.75) is 13.0 Å². The Kier molecular flexibility index (Phi) is 4.19. The maximum absolute atomic E-state index is 5.51. The fourth-order valence-electron chi connectivity index (χ4n) is 2.09. The molecular formula is C13H20N2O. The van der Waals surface area contributed by atoms with Crippen LogP contribution in [0.4, 0.5) is 5.69 Å². The fraction of sp³-hybridized carbons (Fsp3) is 0.538. The van der Waals surface area contributed by atoms with Gasteiger partial charge in [0, 0.05) is 24.2 Å². The lowest BCUT2D eigenvalue weighted by molar-refractivity contribution is 0.183. The van der Waals surface area contributed by atoms with E-state index in [0.29, 0.717) is 12.0 Å². The van der Waals surface area contributed by atoms with Gasteiger partial charge in [-0.25, -0.2) is 0 Å². The summed E-state index contributed by atoms with van der Waals surface area (Å²) in [5.74, 6) is 0.570. The molecule has 1 saturated heterocycles. The molecule has 0 aromatic heterocycles. The van der Waals surface area contributed by atoms with Crippen molar-refractivity contribution in [1.82, 2.24) is 5.32 Å². The molecule has 1 fully saturated rings. The summed E-state index contributed by atoms with van der Waals surface area (Å²) in [5, 5.41) is 6.92. The summed E-state index contributed by atoms with van der Waals surface area (Å²) >= 11 is 0. The van der Waals surface area contributed by atoms with E-state index in [-0.39, 0.29) is 0 Å². The Labute approximate surface area is 97.2 Å². The van der Waals surface area contributed by atoms with E-state index >= 15 is 0 Å². The van der Waals surface area contributed by atoms with E-state index in [1.807, 2.05) is 6.07 Å². The molecule has 1 aromatic rings. The Morgan fingerprint density at radius 1 is 1.25 bits per heavy atom. The lowest BCUT2D eigenvalue weighted by Crippen LogP contribution is -2.38.